The molecule has 6 heteroatoms. The fourth-order valence-electron chi connectivity index (χ4n) is 3.90. The molecule has 4 nitrogen and oxygen atoms in total. The Kier molecular flexibility index (Phi) is 5.30. The predicted octanol–water partition coefficient (Wildman–Crippen LogP) is 4.00. The molecule has 1 aliphatic heterocycles. The monoisotopic (exact) mass is 491 g/mol. The van der Waals surface area contributed by atoms with Gasteiger partial charge in [0.2, 0.25) is 0 Å². The molecule has 3 atom stereocenters. The van der Waals surface area contributed by atoms with Crippen LogP contribution in [0.15, 0.2) is 22.7 Å². The van der Waals surface area contributed by atoms with Crippen molar-refractivity contribution in [3.05, 3.63) is 31.8 Å². The molecule has 0 bridgehead atoms. The van der Waals surface area contributed by atoms with Crippen LogP contribution in [0.4, 0.5) is 0 Å². The van der Waals surface area contributed by atoms with E-state index < -0.39 is 6.04 Å². The van der Waals surface area contributed by atoms with Gasteiger partial charge in [0.25, 0.3) is 5.91 Å². The topological polar surface area (TPSA) is 46.6 Å². The lowest BCUT2D eigenvalue weighted by Gasteiger charge is -2.33. The number of benzene rings is 1. The van der Waals surface area contributed by atoms with Crippen LogP contribution in [0.25, 0.3) is 0 Å². The second kappa shape index (κ2) is 7.09. The molecule has 1 saturated carbocycles. The molecule has 3 unspecified atom stereocenters. The summed E-state index contributed by atoms with van der Waals surface area (Å²) < 4.78 is 6.74. The van der Waals surface area contributed by atoms with E-state index in [2.05, 4.69) is 38.5 Å². The molecule has 1 saturated heterocycles. The summed E-state index contributed by atoms with van der Waals surface area (Å²) in [6, 6.07) is 5.39. The maximum atomic E-state index is 13.2. The first kappa shape index (κ1) is 17.2. The van der Waals surface area contributed by atoms with Crippen molar-refractivity contribution < 1.29 is 14.3 Å². The predicted molar refractivity (Wildman–Crippen MR) is 99.2 cm³/mol. The van der Waals surface area contributed by atoms with Crippen LogP contribution in [0.1, 0.15) is 42.5 Å². The summed E-state index contributed by atoms with van der Waals surface area (Å²) in [4.78, 5) is 27.2. The first-order valence-electron chi connectivity index (χ1n) is 7.88. The fraction of sp³-hybridized carbons (Fsp3) is 0.529. The zero-order valence-electron chi connectivity index (χ0n) is 12.9. The van der Waals surface area contributed by atoms with E-state index in [1.54, 1.807) is 4.90 Å². The Labute approximate surface area is 158 Å². The molecule has 3 rings (SSSR count). The molecule has 0 spiro atoms. The molecular weight excluding hydrogens is 473 g/mol. The minimum Gasteiger partial charge on any atom is -0.467 e. The van der Waals surface area contributed by atoms with E-state index in [-0.39, 0.29) is 17.9 Å². The molecule has 0 N–H and O–H groups in total. The summed E-state index contributed by atoms with van der Waals surface area (Å²) in [5.41, 5.74) is 0.653. The van der Waals surface area contributed by atoms with Gasteiger partial charge < -0.3 is 9.64 Å². The lowest BCUT2D eigenvalue weighted by Crippen LogP contribution is -2.46. The molecular formula is C17H19BrINO3. The van der Waals surface area contributed by atoms with E-state index in [0.29, 0.717) is 11.5 Å². The summed E-state index contributed by atoms with van der Waals surface area (Å²) in [5, 5.41) is 0. The number of nitrogens with zero attached hydrogens (tertiary/aromatic N) is 1. The van der Waals surface area contributed by atoms with Crippen molar-refractivity contribution in [2.75, 3.05) is 7.11 Å². The Bertz CT molecular complexity index is 636. The molecule has 1 aromatic rings. The van der Waals surface area contributed by atoms with Crippen LogP contribution >= 0.6 is 38.5 Å². The van der Waals surface area contributed by atoms with Crippen molar-refractivity contribution in [3.8, 4) is 0 Å². The highest BCUT2D eigenvalue weighted by Crippen LogP contribution is 2.41. The third-order valence-electron chi connectivity index (χ3n) is 4.95. The number of halogens is 2. The van der Waals surface area contributed by atoms with Crippen molar-refractivity contribution in [1.29, 1.82) is 0 Å². The number of ether oxygens (including phenoxy) is 1. The number of fused-ring (bicyclic) bond motifs is 1. The molecule has 0 aromatic heterocycles. The molecule has 2 aliphatic rings. The molecule has 0 radical (unpaired) electrons. The van der Waals surface area contributed by atoms with Gasteiger partial charge in [-0.2, -0.15) is 0 Å². The zero-order chi connectivity index (χ0) is 16.6. The number of hydrogen-bond acceptors (Lipinski definition) is 3. The van der Waals surface area contributed by atoms with Crippen molar-refractivity contribution in [2.45, 2.75) is 44.2 Å². The van der Waals surface area contributed by atoms with E-state index in [1.807, 2.05) is 18.2 Å². The number of amides is 1. The summed E-state index contributed by atoms with van der Waals surface area (Å²) in [6.07, 6.45) is 5.11. The van der Waals surface area contributed by atoms with Crippen molar-refractivity contribution in [3.63, 3.8) is 0 Å². The quantitative estimate of drug-likeness (QED) is 0.464. The van der Waals surface area contributed by atoms with Crippen LogP contribution < -0.4 is 0 Å². The van der Waals surface area contributed by atoms with E-state index in [4.69, 9.17) is 4.74 Å². The molecule has 23 heavy (non-hydrogen) atoms. The van der Waals surface area contributed by atoms with Crippen LogP contribution in [0, 0.1) is 9.49 Å². The Balaban J connectivity index is 1.97. The molecule has 1 aromatic carbocycles. The summed E-state index contributed by atoms with van der Waals surface area (Å²) >= 11 is 5.61. The summed E-state index contributed by atoms with van der Waals surface area (Å²) in [6.45, 7) is 0. The average molecular weight is 492 g/mol. The highest BCUT2D eigenvalue weighted by molar-refractivity contribution is 14.1. The minimum atomic E-state index is -0.449. The number of likely N-dealkylation sites (tertiary alicyclic amines) is 1. The first-order chi connectivity index (χ1) is 11.0. The van der Waals surface area contributed by atoms with E-state index in [0.717, 1.165) is 33.7 Å². The largest absolute Gasteiger partial charge is 0.467 e. The zero-order valence-corrected chi connectivity index (χ0v) is 16.7. The van der Waals surface area contributed by atoms with Crippen molar-refractivity contribution in [1.82, 2.24) is 4.90 Å². The van der Waals surface area contributed by atoms with Crippen LogP contribution in [0.3, 0.4) is 0 Å². The van der Waals surface area contributed by atoms with E-state index >= 15 is 0 Å². The Hall–Kier alpha value is -0.630. The van der Waals surface area contributed by atoms with Gasteiger partial charge in [-0.15, -0.1) is 0 Å². The van der Waals surface area contributed by atoms with E-state index in [9.17, 15) is 9.59 Å². The lowest BCUT2D eigenvalue weighted by molar-refractivity contribution is -0.145. The number of carbonyl (C=O) groups excluding carboxylic acids is 2. The summed E-state index contributed by atoms with van der Waals surface area (Å²) in [5.74, 6) is 0.0693. The molecule has 1 amide bonds. The van der Waals surface area contributed by atoms with Crippen molar-refractivity contribution >= 4 is 50.4 Å². The average Bonchev–Trinajstić information content (AvgIpc) is 2.95. The maximum absolute atomic E-state index is 13.2. The van der Waals surface area contributed by atoms with Gasteiger partial charge in [0.05, 0.1) is 12.7 Å². The second-order valence-electron chi connectivity index (χ2n) is 6.22. The molecule has 1 heterocycles. The maximum Gasteiger partial charge on any atom is 0.328 e. The van der Waals surface area contributed by atoms with Gasteiger partial charge in [-0.3, -0.25) is 4.79 Å². The molecule has 2 fully saturated rings. The minimum absolute atomic E-state index is 0.0551. The Morgan fingerprint density at radius 1 is 1.30 bits per heavy atom. The number of rotatable bonds is 2. The first-order valence-corrected chi connectivity index (χ1v) is 9.75. The van der Waals surface area contributed by atoms with Gasteiger partial charge in [-0.25, -0.2) is 4.79 Å². The third-order valence-corrected chi connectivity index (χ3v) is 6.39. The molecule has 124 valence electrons. The van der Waals surface area contributed by atoms with Gasteiger partial charge in [-0.1, -0.05) is 28.8 Å². The summed E-state index contributed by atoms with van der Waals surface area (Å²) in [7, 11) is 1.40. The standard InChI is InChI=1S/C17H19BrINO3/c1-23-17(22)15-8-10-4-2-3-5-14(10)20(15)16(21)12-9-11(18)6-7-13(12)19/h6-7,9-10,14-15H,2-5,8H2,1H3. The fourth-order valence-corrected chi connectivity index (χ4v) is 4.83. The highest BCUT2D eigenvalue weighted by atomic mass is 127. The second-order valence-corrected chi connectivity index (χ2v) is 8.30. The van der Waals surface area contributed by atoms with Crippen LogP contribution in [-0.4, -0.2) is 36.0 Å². The van der Waals surface area contributed by atoms with Gasteiger partial charge in [0, 0.05) is 14.1 Å². The van der Waals surface area contributed by atoms with Gasteiger partial charge in [0.1, 0.15) is 6.04 Å². The Morgan fingerprint density at radius 3 is 2.78 bits per heavy atom. The van der Waals surface area contributed by atoms with Gasteiger partial charge in [-0.05, 0) is 66.0 Å². The van der Waals surface area contributed by atoms with Crippen LogP contribution in [0.5, 0.6) is 0 Å². The van der Waals surface area contributed by atoms with Crippen molar-refractivity contribution in [2.24, 2.45) is 5.92 Å². The van der Waals surface area contributed by atoms with E-state index in [1.165, 1.54) is 13.5 Å². The SMILES string of the molecule is COC(=O)C1CC2CCCCC2N1C(=O)c1cc(Br)ccc1I. The molecule has 1 aliphatic carbocycles. The van der Waals surface area contributed by atoms with Crippen LogP contribution in [-0.2, 0) is 9.53 Å². The Morgan fingerprint density at radius 2 is 2.04 bits per heavy atom. The highest BCUT2D eigenvalue weighted by Gasteiger charge is 2.48. The smallest absolute Gasteiger partial charge is 0.328 e. The lowest BCUT2D eigenvalue weighted by atomic mass is 9.84. The normalized spacial score (nSPS) is 26.7. The number of hydrogen-bond donors (Lipinski definition) is 0. The number of methoxy groups -OCH3 is 1. The van der Waals surface area contributed by atoms with Gasteiger partial charge >= 0.3 is 5.97 Å². The number of carbonyl (C=O) groups is 2. The van der Waals surface area contributed by atoms with Gasteiger partial charge in [0.15, 0.2) is 0 Å². The number of esters is 1. The third kappa shape index (κ3) is 3.29. The van der Waals surface area contributed by atoms with Crippen LogP contribution in [0.2, 0.25) is 0 Å².